The zero-order valence-corrected chi connectivity index (χ0v) is 9.93. The minimum atomic E-state index is -0.421. The number of rotatable bonds is 3. The average Bonchev–Trinajstić information content (AvgIpc) is 2.81. The number of nitrogens with two attached hydrogens (primary N) is 1. The van der Waals surface area contributed by atoms with Crippen molar-refractivity contribution >= 4 is 17.1 Å². The van der Waals surface area contributed by atoms with E-state index in [1.165, 1.54) is 37.8 Å². The van der Waals surface area contributed by atoms with Crippen molar-refractivity contribution < 1.29 is 4.92 Å². The number of nitrogens with zero attached hydrogens (tertiary/aromatic N) is 2. The number of anilines is 2. The minimum Gasteiger partial charge on any atom is -0.397 e. The lowest BCUT2D eigenvalue weighted by Crippen LogP contribution is -2.29. The number of nitrogen functional groups attached to an aromatic ring is 1. The topological polar surface area (TPSA) is 72.4 Å². The lowest BCUT2D eigenvalue weighted by molar-refractivity contribution is -0.384. The molecule has 2 N–H and O–H groups in total. The Morgan fingerprint density at radius 1 is 1.41 bits per heavy atom. The quantitative estimate of drug-likeness (QED) is 0.496. The molecular weight excluding hydrogens is 218 g/mol. The predicted molar refractivity (Wildman–Crippen MR) is 68.2 cm³/mol. The van der Waals surface area contributed by atoms with Crippen LogP contribution in [0.5, 0.6) is 0 Å². The molecule has 0 saturated heterocycles. The Morgan fingerprint density at radius 3 is 2.59 bits per heavy atom. The first-order valence-electron chi connectivity index (χ1n) is 5.86. The minimum absolute atomic E-state index is 0.0473. The van der Waals surface area contributed by atoms with Crippen LogP contribution in [0.15, 0.2) is 18.2 Å². The zero-order chi connectivity index (χ0) is 12.4. The monoisotopic (exact) mass is 235 g/mol. The molecular formula is C12H17N3O2. The Morgan fingerprint density at radius 2 is 2.06 bits per heavy atom. The van der Waals surface area contributed by atoms with Crippen molar-refractivity contribution in [3.8, 4) is 0 Å². The van der Waals surface area contributed by atoms with E-state index in [2.05, 4.69) is 4.90 Å². The van der Waals surface area contributed by atoms with Crippen LogP contribution in [0.25, 0.3) is 0 Å². The summed E-state index contributed by atoms with van der Waals surface area (Å²) >= 11 is 0. The summed E-state index contributed by atoms with van der Waals surface area (Å²) in [6.07, 6.45) is 4.85. The molecule has 0 aliphatic heterocycles. The fourth-order valence-electron chi connectivity index (χ4n) is 2.46. The van der Waals surface area contributed by atoms with E-state index >= 15 is 0 Å². The van der Waals surface area contributed by atoms with Crippen molar-refractivity contribution in [1.82, 2.24) is 0 Å². The van der Waals surface area contributed by atoms with E-state index in [0.717, 1.165) is 5.69 Å². The summed E-state index contributed by atoms with van der Waals surface area (Å²) in [5.74, 6) is 0. The summed E-state index contributed by atoms with van der Waals surface area (Å²) < 4.78 is 0. The third-order valence-corrected chi connectivity index (χ3v) is 3.47. The first kappa shape index (κ1) is 11.7. The van der Waals surface area contributed by atoms with Crippen LogP contribution in [0, 0.1) is 10.1 Å². The summed E-state index contributed by atoms with van der Waals surface area (Å²) in [5.41, 5.74) is 7.30. The molecule has 1 fully saturated rings. The zero-order valence-electron chi connectivity index (χ0n) is 9.93. The van der Waals surface area contributed by atoms with Gasteiger partial charge in [0.05, 0.1) is 16.3 Å². The molecule has 17 heavy (non-hydrogen) atoms. The Balaban J connectivity index is 2.23. The number of benzene rings is 1. The normalized spacial score (nSPS) is 16.1. The second-order valence-electron chi connectivity index (χ2n) is 4.55. The van der Waals surface area contributed by atoms with Crippen LogP contribution < -0.4 is 10.6 Å². The van der Waals surface area contributed by atoms with Gasteiger partial charge in [0.15, 0.2) is 0 Å². The Bertz CT molecular complexity index is 428. The summed E-state index contributed by atoms with van der Waals surface area (Å²) in [7, 11) is 2.01. The van der Waals surface area contributed by atoms with Gasteiger partial charge in [-0.2, -0.15) is 0 Å². The lowest BCUT2D eigenvalue weighted by atomic mass is 10.1. The van der Waals surface area contributed by atoms with E-state index in [-0.39, 0.29) is 5.69 Å². The standard InChI is InChI=1S/C12H17N3O2/c1-14(9-4-2-3-5-9)12-7-6-10(15(16)17)8-11(12)13/h6-9H,2-5,13H2,1H3. The fraction of sp³-hybridized carbons (Fsp3) is 0.500. The number of hydrogen-bond donors (Lipinski definition) is 1. The largest absolute Gasteiger partial charge is 0.397 e. The van der Waals surface area contributed by atoms with E-state index in [9.17, 15) is 10.1 Å². The number of nitro benzene ring substituents is 1. The van der Waals surface area contributed by atoms with Crippen LogP contribution in [-0.2, 0) is 0 Å². The molecule has 2 rings (SSSR count). The number of hydrogen-bond acceptors (Lipinski definition) is 4. The highest BCUT2D eigenvalue weighted by atomic mass is 16.6. The summed E-state index contributed by atoms with van der Waals surface area (Å²) in [5, 5.41) is 10.6. The van der Waals surface area contributed by atoms with Crippen LogP contribution in [-0.4, -0.2) is 18.0 Å². The Hall–Kier alpha value is -1.78. The molecule has 0 spiro atoms. The van der Waals surface area contributed by atoms with E-state index in [4.69, 9.17) is 5.73 Å². The van der Waals surface area contributed by atoms with E-state index in [0.29, 0.717) is 11.7 Å². The first-order valence-corrected chi connectivity index (χ1v) is 5.86. The SMILES string of the molecule is CN(c1ccc([N+](=O)[O-])cc1N)C1CCCC1. The highest BCUT2D eigenvalue weighted by Crippen LogP contribution is 2.32. The molecule has 1 aliphatic rings. The molecule has 1 aliphatic carbocycles. The van der Waals surface area contributed by atoms with Crippen molar-refractivity contribution in [2.75, 3.05) is 17.7 Å². The molecule has 1 aromatic carbocycles. The second-order valence-corrected chi connectivity index (χ2v) is 4.55. The third-order valence-electron chi connectivity index (χ3n) is 3.47. The molecule has 5 heteroatoms. The fourth-order valence-corrected chi connectivity index (χ4v) is 2.46. The molecule has 0 radical (unpaired) electrons. The van der Waals surface area contributed by atoms with Gasteiger partial charge in [0.25, 0.3) is 5.69 Å². The molecule has 0 atom stereocenters. The molecule has 0 bridgehead atoms. The molecule has 0 unspecified atom stereocenters. The van der Waals surface area contributed by atoms with Gasteiger partial charge in [0.1, 0.15) is 0 Å². The van der Waals surface area contributed by atoms with Gasteiger partial charge in [-0.25, -0.2) is 0 Å². The van der Waals surface area contributed by atoms with E-state index < -0.39 is 4.92 Å². The maximum Gasteiger partial charge on any atom is 0.271 e. The molecule has 1 aromatic rings. The number of nitro groups is 1. The van der Waals surface area contributed by atoms with Crippen LogP contribution in [0.1, 0.15) is 25.7 Å². The number of non-ortho nitro benzene ring substituents is 1. The van der Waals surface area contributed by atoms with Crippen LogP contribution in [0.4, 0.5) is 17.1 Å². The summed E-state index contributed by atoms with van der Waals surface area (Å²) in [6, 6.07) is 5.20. The molecule has 5 nitrogen and oxygen atoms in total. The highest BCUT2D eigenvalue weighted by molar-refractivity contribution is 5.70. The average molecular weight is 235 g/mol. The van der Waals surface area contributed by atoms with Gasteiger partial charge in [0, 0.05) is 25.2 Å². The maximum atomic E-state index is 10.6. The third kappa shape index (κ3) is 2.33. The van der Waals surface area contributed by atoms with Crippen molar-refractivity contribution in [1.29, 1.82) is 0 Å². The second kappa shape index (κ2) is 4.61. The first-order chi connectivity index (χ1) is 8.09. The van der Waals surface area contributed by atoms with Crippen LogP contribution >= 0.6 is 0 Å². The van der Waals surface area contributed by atoms with Gasteiger partial charge in [0.2, 0.25) is 0 Å². The van der Waals surface area contributed by atoms with Crippen molar-refractivity contribution in [3.05, 3.63) is 28.3 Å². The van der Waals surface area contributed by atoms with E-state index in [1.807, 2.05) is 7.05 Å². The van der Waals surface area contributed by atoms with Crippen molar-refractivity contribution in [3.63, 3.8) is 0 Å². The predicted octanol–water partition coefficient (Wildman–Crippen LogP) is 2.56. The smallest absolute Gasteiger partial charge is 0.271 e. The van der Waals surface area contributed by atoms with Gasteiger partial charge in [-0.15, -0.1) is 0 Å². The summed E-state index contributed by atoms with van der Waals surface area (Å²) in [6.45, 7) is 0. The van der Waals surface area contributed by atoms with Gasteiger partial charge >= 0.3 is 0 Å². The van der Waals surface area contributed by atoms with Gasteiger partial charge < -0.3 is 10.6 Å². The van der Waals surface area contributed by atoms with Crippen LogP contribution in [0.2, 0.25) is 0 Å². The van der Waals surface area contributed by atoms with Gasteiger partial charge in [-0.3, -0.25) is 10.1 Å². The molecule has 92 valence electrons. The molecule has 1 saturated carbocycles. The highest BCUT2D eigenvalue weighted by Gasteiger charge is 2.21. The Labute approximate surface area is 100 Å². The molecule has 0 amide bonds. The van der Waals surface area contributed by atoms with E-state index in [1.54, 1.807) is 6.07 Å². The summed E-state index contributed by atoms with van der Waals surface area (Å²) in [4.78, 5) is 12.4. The van der Waals surface area contributed by atoms with Crippen LogP contribution in [0.3, 0.4) is 0 Å². The van der Waals surface area contributed by atoms with Crippen molar-refractivity contribution in [2.24, 2.45) is 0 Å². The molecule has 0 aromatic heterocycles. The Kier molecular flexibility index (Phi) is 3.17. The van der Waals surface area contributed by atoms with Gasteiger partial charge in [-0.1, -0.05) is 12.8 Å². The lowest BCUT2D eigenvalue weighted by Gasteiger charge is -2.27. The van der Waals surface area contributed by atoms with Gasteiger partial charge in [-0.05, 0) is 18.9 Å². The maximum absolute atomic E-state index is 10.6. The van der Waals surface area contributed by atoms with Crippen molar-refractivity contribution in [2.45, 2.75) is 31.7 Å². The molecule has 0 heterocycles.